The number of hydrogen-bond donors (Lipinski definition) is 2. The number of nitrogens with one attached hydrogen (secondary N) is 2. The Bertz CT molecular complexity index is 1240. The normalized spacial score (nSPS) is 18.6. The minimum atomic E-state index is -1.05. The molecule has 1 unspecified atom stereocenters. The number of fused-ring (bicyclic) bond motifs is 2. The molecule has 1 fully saturated rings. The van der Waals surface area contributed by atoms with Crippen LogP contribution in [0.3, 0.4) is 0 Å². The Labute approximate surface area is 204 Å². The molecular formula is C28H27N3O4. The zero-order valence-corrected chi connectivity index (χ0v) is 19.3. The van der Waals surface area contributed by atoms with Crippen LogP contribution in [0.2, 0.25) is 0 Å². The second kappa shape index (κ2) is 9.72. The molecule has 7 nitrogen and oxygen atoms in total. The van der Waals surface area contributed by atoms with Gasteiger partial charge in [-0.05, 0) is 40.7 Å². The zero-order valence-electron chi connectivity index (χ0n) is 19.3. The summed E-state index contributed by atoms with van der Waals surface area (Å²) < 4.78 is 5.75. The van der Waals surface area contributed by atoms with E-state index in [-0.39, 0.29) is 18.4 Å². The second-order valence-electron chi connectivity index (χ2n) is 8.96. The summed E-state index contributed by atoms with van der Waals surface area (Å²) in [6, 6.07) is 24.9. The smallest absolute Gasteiger partial charge is 0.325 e. The molecule has 178 valence electrons. The lowest BCUT2D eigenvalue weighted by Crippen LogP contribution is -2.43. The van der Waals surface area contributed by atoms with Crippen LogP contribution in [-0.2, 0) is 46.0 Å². The van der Waals surface area contributed by atoms with Gasteiger partial charge in [-0.25, -0.2) is 4.79 Å². The number of rotatable bonds is 8. The molecule has 0 aromatic heterocycles. The highest BCUT2D eigenvalue weighted by Gasteiger charge is 2.55. The Morgan fingerprint density at radius 2 is 1.54 bits per heavy atom. The van der Waals surface area contributed by atoms with Crippen molar-refractivity contribution in [2.45, 2.75) is 38.1 Å². The predicted molar refractivity (Wildman–Crippen MR) is 130 cm³/mol. The number of amides is 4. The van der Waals surface area contributed by atoms with Crippen molar-refractivity contribution in [3.8, 4) is 0 Å². The van der Waals surface area contributed by atoms with Crippen molar-refractivity contribution in [1.29, 1.82) is 0 Å². The van der Waals surface area contributed by atoms with Gasteiger partial charge in [0.25, 0.3) is 5.91 Å². The number of ether oxygens (including phenoxy) is 1. The van der Waals surface area contributed by atoms with Crippen LogP contribution in [0.5, 0.6) is 0 Å². The fourth-order valence-corrected chi connectivity index (χ4v) is 4.75. The van der Waals surface area contributed by atoms with Crippen LogP contribution in [-0.4, -0.2) is 29.3 Å². The maximum atomic E-state index is 13.2. The summed E-state index contributed by atoms with van der Waals surface area (Å²) in [5.74, 6) is -0.741. The first-order chi connectivity index (χ1) is 17.0. The summed E-state index contributed by atoms with van der Waals surface area (Å²) in [6.45, 7) is 1.05. The van der Waals surface area contributed by atoms with Gasteiger partial charge in [-0.15, -0.1) is 0 Å². The van der Waals surface area contributed by atoms with Gasteiger partial charge in [0.2, 0.25) is 5.91 Å². The number of urea groups is 1. The summed E-state index contributed by atoms with van der Waals surface area (Å²) in [4.78, 5) is 39.3. The fourth-order valence-electron chi connectivity index (χ4n) is 4.75. The second-order valence-corrected chi connectivity index (χ2v) is 8.96. The Morgan fingerprint density at radius 3 is 2.31 bits per heavy atom. The maximum absolute atomic E-state index is 13.2. The summed E-state index contributed by atoms with van der Waals surface area (Å²) in [6.07, 6.45) is 1.23. The molecule has 0 saturated carbocycles. The van der Waals surface area contributed by atoms with E-state index in [1.807, 2.05) is 78.9 Å². The van der Waals surface area contributed by atoms with Crippen LogP contribution < -0.4 is 10.6 Å². The highest BCUT2D eigenvalue weighted by Crippen LogP contribution is 2.41. The van der Waals surface area contributed by atoms with Crippen molar-refractivity contribution >= 4 is 17.8 Å². The summed E-state index contributed by atoms with van der Waals surface area (Å²) in [5, 5.41) is 5.65. The Balaban J connectivity index is 1.11. The largest absolute Gasteiger partial charge is 0.372 e. The number of imide groups is 1. The molecule has 0 radical (unpaired) electrons. The average molecular weight is 470 g/mol. The first-order valence-corrected chi connectivity index (χ1v) is 11.7. The molecule has 35 heavy (non-hydrogen) atoms. The number of carbonyl (C=O) groups is 3. The van der Waals surface area contributed by atoms with Crippen LogP contribution in [0.4, 0.5) is 4.79 Å². The fraction of sp³-hybridized carbons (Fsp3) is 0.250. The van der Waals surface area contributed by atoms with E-state index in [1.54, 1.807) is 0 Å². The first kappa shape index (κ1) is 22.8. The first-order valence-electron chi connectivity index (χ1n) is 11.7. The summed E-state index contributed by atoms with van der Waals surface area (Å²) in [5.41, 5.74) is 3.92. The van der Waals surface area contributed by atoms with E-state index in [0.717, 1.165) is 39.1 Å². The molecule has 1 aliphatic carbocycles. The SMILES string of the molecule is O=C(CN1C(=O)NC2(CCc3ccccc32)C1=O)NCc1ccc(COCc2ccccc2)cc1. The van der Waals surface area contributed by atoms with Crippen molar-refractivity contribution in [3.63, 3.8) is 0 Å². The Kier molecular flexibility index (Phi) is 6.33. The van der Waals surface area contributed by atoms with Crippen LogP contribution >= 0.6 is 0 Å². The van der Waals surface area contributed by atoms with Gasteiger partial charge in [0.1, 0.15) is 12.1 Å². The van der Waals surface area contributed by atoms with Gasteiger partial charge in [-0.1, -0.05) is 78.9 Å². The van der Waals surface area contributed by atoms with Gasteiger partial charge in [-0.3, -0.25) is 14.5 Å². The Hall–Kier alpha value is -3.97. The molecule has 0 bridgehead atoms. The van der Waals surface area contributed by atoms with Crippen molar-refractivity contribution < 1.29 is 19.1 Å². The van der Waals surface area contributed by atoms with Gasteiger partial charge in [0, 0.05) is 6.54 Å². The van der Waals surface area contributed by atoms with Crippen LogP contribution in [0, 0.1) is 0 Å². The van der Waals surface area contributed by atoms with E-state index < -0.39 is 11.6 Å². The highest BCUT2D eigenvalue weighted by molar-refractivity contribution is 6.09. The number of benzene rings is 3. The number of aryl methyl sites for hydroxylation is 1. The van der Waals surface area contributed by atoms with E-state index in [2.05, 4.69) is 10.6 Å². The van der Waals surface area contributed by atoms with Crippen molar-refractivity contribution in [1.82, 2.24) is 15.5 Å². The predicted octanol–water partition coefficient (Wildman–Crippen LogP) is 3.41. The van der Waals surface area contributed by atoms with E-state index in [4.69, 9.17) is 4.74 Å². The van der Waals surface area contributed by atoms with E-state index >= 15 is 0 Å². The van der Waals surface area contributed by atoms with E-state index in [1.165, 1.54) is 0 Å². The topological polar surface area (TPSA) is 87.7 Å². The molecule has 1 saturated heterocycles. The number of hydrogen-bond acceptors (Lipinski definition) is 4. The van der Waals surface area contributed by atoms with E-state index in [0.29, 0.717) is 26.2 Å². The molecule has 7 heteroatoms. The van der Waals surface area contributed by atoms with Crippen molar-refractivity contribution in [2.75, 3.05) is 6.54 Å². The summed E-state index contributed by atoms with van der Waals surface area (Å²) in [7, 11) is 0. The molecule has 3 aromatic rings. The third-order valence-electron chi connectivity index (χ3n) is 6.62. The van der Waals surface area contributed by atoms with Gasteiger partial charge in [-0.2, -0.15) is 0 Å². The molecule has 1 aliphatic heterocycles. The van der Waals surface area contributed by atoms with Gasteiger partial charge >= 0.3 is 6.03 Å². The van der Waals surface area contributed by atoms with E-state index in [9.17, 15) is 14.4 Å². The molecular weight excluding hydrogens is 442 g/mol. The lowest BCUT2D eigenvalue weighted by Gasteiger charge is -2.22. The third-order valence-corrected chi connectivity index (χ3v) is 6.62. The lowest BCUT2D eigenvalue weighted by molar-refractivity contribution is -0.135. The lowest BCUT2D eigenvalue weighted by atomic mass is 9.92. The highest BCUT2D eigenvalue weighted by atomic mass is 16.5. The van der Waals surface area contributed by atoms with Gasteiger partial charge < -0.3 is 15.4 Å². The molecule has 4 amide bonds. The molecule has 3 aromatic carbocycles. The summed E-state index contributed by atoms with van der Waals surface area (Å²) >= 11 is 0. The van der Waals surface area contributed by atoms with Crippen molar-refractivity contribution in [3.05, 3.63) is 107 Å². The van der Waals surface area contributed by atoms with Crippen molar-refractivity contribution in [2.24, 2.45) is 0 Å². The number of nitrogens with zero attached hydrogens (tertiary/aromatic N) is 1. The number of carbonyl (C=O) groups excluding carboxylic acids is 3. The minimum Gasteiger partial charge on any atom is -0.372 e. The average Bonchev–Trinajstić information content (AvgIpc) is 3.37. The molecule has 2 aliphatic rings. The van der Waals surface area contributed by atoms with Crippen LogP contribution in [0.15, 0.2) is 78.9 Å². The van der Waals surface area contributed by atoms with Gasteiger partial charge in [0.05, 0.1) is 13.2 Å². The standard InChI is InChI=1S/C28H27N3O4/c32-25(17-31-26(33)28(30-27(31)34)15-14-23-8-4-5-9-24(23)28)29-16-20-10-12-22(13-11-20)19-35-18-21-6-2-1-3-7-21/h1-13H,14-19H2,(H,29,32)(H,30,34). The minimum absolute atomic E-state index is 0.306. The molecule has 2 N–H and O–H groups in total. The Morgan fingerprint density at radius 1 is 0.886 bits per heavy atom. The third kappa shape index (κ3) is 4.68. The van der Waals surface area contributed by atoms with Gasteiger partial charge in [0.15, 0.2) is 0 Å². The molecule has 1 heterocycles. The van der Waals surface area contributed by atoms with Crippen LogP contribution in [0.25, 0.3) is 0 Å². The molecule has 1 atom stereocenters. The quantitative estimate of drug-likeness (QED) is 0.495. The molecule has 5 rings (SSSR count). The zero-order chi connectivity index (χ0) is 24.3. The monoisotopic (exact) mass is 469 g/mol. The van der Waals surface area contributed by atoms with Crippen LogP contribution in [0.1, 0.15) is 34.2 Å². The maximum Gasteiger partial charge on any atom is 0.325 e. The molecule has 1 spiro atoms.